The molecule has 5 heteroatoms. The monoisotopic (exact) mass is 312 g/mol. The molecule has 0 heterocycles. The first-order valence-corrected chi connectivity index (χ1v) is 7.62. The van der Waals surface area contributed by atoms with Gasteiger partial charge in [-0.25, -0.2) is 0 Å². The number of rotatable bonds is 7. The van der Waals surface area contributed by atoms with E-state index in [0.717, 1.165) is 12.8 Å². The smallest absolute Gasteiger partial charge is 0.273 e. The van der Waals surface area contributed by atoms with Crippen molar-refractivity contribution in [1.82, 2.24) is 5.32 Å². The Kier molecular flexibility index (Phi) is 5.86. The summed E-state index contributed by atoms with van der Waals surface area (Å²) in [6.45, 7) is 1.94. The summed E-state index contributed by atoms with van der Waals surface area (Å²) >= 11 is 0. The average molecular weight is 312 g/mol. The number of nitro groups is 1. The molecule has 120 valence electrons. The van der Waals surface area contributed by atoms with Crippen molar-refractivity contribution in [1.29, 1.82) is 0 Å². The van der Waals surface area contributed by atoms with Gasteiger partial charge in [-0.05, 0) is 25.3 Å². The van der Waals surface area contributed by atoms with Crippen LogP contribution in [-0.4, -0.2) is 16.9 Å². The summed E-state index contributed by atoms with van der Waals surface area (Å²) in [4.78, 5) is 22.6. The third kappa shape index (κ3) is 5.21. The molecule has 23 heavy (non-hydrogen) atoms. The van der Waals surface area contributed by atoms with Crippen LogP contribution in [0.4, 0.5) is 5.69 Å². The molecule has 0 saturated heterocycles. The molecule has 0 aliphatic rings. The van der Waals surface area contributed by atoms with Gasteiger partial charge in [-0.2, -0.15) is 0 Å². The molecule has 2 aromatic carbocycles. The van der Waals surface area contributed by atoms with Gasteiger partial charge < -0.3 is 5.32 Å². The molecule has 0 aromatic heterocycles. The summed E-state index contributed by atoms with van der Waals surface area (Å²) in [5, 5.41) is 13.9. The van der Waals surface area contributed by atoms with E-state index < -0.39 is 4.92 Å². The number of para-hydroxylation sites is 1. The van der Waals surface area contributed by atoms with E-state index >= 15 is 0 Å². The number of carbonyl (C=O) groups excluding carboxylic acids is 1. The molecule has 0 aliphatic heterocycles. The lowest BCUT2D eigenvalue weighted by atomic mass is 10.1. The fraction of sp³-hybridized carbons (Fsp3) is 0.278. The van der Waals surface area contributed by atoms with E-state index in [1.807, 2.05) is 25.1 Å². The highest BCUT2D eigenvalue weighted by Crippen LogP contribution is 2.18. The molecule has 5 nitrogen and oxygen atoms in total. The Hall–Kier alpha value is -2.69. The Morgan fingerprint density at radius 3 is 2.48 bits per heavy atom. The van der Waals surface area contributed by atoms with Gasteiger partial charge in [0, 0.05) is 17.7 Å². The van der Waals surface area contributed by atoms with Gasteiger partial charge in [0.15, 0.2) is 0 Å². The zero-order chi connectivity index (χ0) is 16.7. The van der Waals surface area contributed by atoms with Gasteiger partial charge in [-0.3, -0.25) is 14.9 Å². The Labute approximate surface area is 135 Å². The van der Waals surface area contributed by atoms with Crippen LogP contribution in [0.15, 0.2) is 54.6 Å². The minimum atomic E-state index is -0.457. The Balaban J connectivity index is 1.86. The standard InChI is InChI=1S/C18H20N2O3/c1-14(11-12-15-7-3-2-4-8-15)19-18(21)13-16-9-5-6-10-17(16)20(22)23/h2-10,14H,11-13H2,1H3,(H,19,21)/t14-/m0/s1. The van der Waals surface area contributed by atoms with E-state index in [9.17, 15) is 14.9 Å². The maximum absolute atomic E-state index is 12.1. The average Bonchev–Trinajstić information content (AvgIpc) is 2.54. The number of hydrogen-bond acceptors (Lipinski definition) is 3. The molecule has 0 spiro atoms. The van der Waals surface area contributed by atoms with Crippen LogP contribution >= 0.6 is 0 Å². The van der Waals surface area contributed by atoms with Crippen molar-refractivity contribution in [3.8, 4) is 0 Å². The van der Waals surface area contributed by atoms with Gasteiger partial charge in [0.1, 0.15) is 0 Å². The summed E-state index contributed by atoms with van der Waals surface area (Å²) in [7, 11) is 0. The Morgan fingerprint density at radius 1 is 1.13 bits per heavy atom. The van der Waals surface area contributed by atoms with Crippen molar-refractivity contribution in [2.45, 2.75) is 32.2 Å². The summed E-state index contributed by atoms with van der Waals surface area (Å²) < 4.78 is 0. The largest absolute Gasteiger partial charge is 0.353 e. The Morgan fingerprint density at radius 2 is 1.78 bits per heavy atom. The van der Waals surface area contributed by atoms with Gasteiger partial charge in [-0.1, -0.05) is 48.5 Å². The number of carbonyl (C=O) groups is 1. The van der Waals surface area contributed by atoms with E-state index in [-0.39, 0.29) is 24.1 Å². The van der Waals surface area contributed by atoms with Crippen LogP contribution < -0.4 is 5.32 Å². The van der Waals surface area contributed by atoms with Gasteiger partial charge in [-0.15, -0.1) is 0 Å². The van der Waals surface area contributed by atoms with Crippen molar-refractivity contribution in [3.05, 3.63) is 75.8 Å². The summed E-state index contributed by atoms with van der Waals surface area (Å²) in [6.07, 6.45) is 1.73. The third-order valence-electron chi connectivity index (χ3n) is 3.66. The molecule has 0 fully saturated rings. The lowest BCUT2D eigenvalue weighted by molar-refractivity contribution is -0.385. The predicted molar refractivity (Wildman–Crippen MR) is 89.2 cm³/mol. The highest BCUT2D eigenvalue weighted by Gasteiger charge is 2.16. The van der Waals surface area contributed by atoms with Crippen molar-refractivity contribution in [3.63, 3.8) is 0 Å². The van der Waals surface area contributed by atoms with E-state index in [1.54, 1.807) is 18.2 Å². The second-order valence-electron chi connectivity index (χ2n) is 5.56. The molecule has 0 unspecified atom stereocenters. The van der Waals surface area contributed by atoms with Crippen molar-refractivity contribution in [2.75, 3.05) is 0 Å². The topological polar surface area (TPSA) is 72.2 Å². The fourth-order valence-electron chi connectivity index (χ4n) is 2.44. The zero-order valence-corrected chi connectivity index (χ0v) is 13.1. The lowest BCUT2D eigenvalue weighted by Crippen LogP contribution is -2.34. The number of benzene rings is 2. The number of hydrogen-bond donors (Lipinski definition) is 1. The molecule has 0 radical (unpaired) electrons. The number of nitrogens with zero attached hydrogens (tertiary/aromatic N) is 1. The third-order valence-corrected chi connectivity index (χ3v) is 3.66. The first kappa shape index (κ1) is 16.7. The van der Waals surface area contributed by atoms with Crippen LogP contribution in [0.5, 0.6) is 0 Å². The van der Waals surface area contributed by atoms with Crippen LogP contribution in [0, 0.1) is 10.1 Å². The van der Waals surface area contributed by atoms with Gasteiger partial charge >= 0.3 is 0 Å². The highest BCUT2D eigenvalue weighted by atomic mass is 16.6. The zero-order valence-electron chi connectivity index (χ0n) is 13.1. The molecule has 0 bridgehead atoms. The quantitative estimate of drug-likeness (QED) is 0.630. The number of nitro benzene ring substituents is 1. The molecule has 2 rings (SSSR count). The normalized spacial score (nSPS) is 11.7. The maximum Gasteiger partial charge on any atom is 0.273 e. The minimum Gasteiger partial charge on any atom is -0.353 e. The van der Waals surface area contributed by atoms with Crippen LogP contribution in [0.25, 0.3) is 0 Å². The van der Waals surface area contributed by atoms with Crippen molar-refractivity contribution < 1.29 is 9.72 Å². The maximum atomic E-state index is 12.1. The molecule has 0 saturated carbocycles. The number of aryl methyl sites for hydroxylation is 1. The molecule has 0 aliphatic carbocycles. The van der Waals surface area contributed by atoms with Gasteiger partial charge in [0.2, 0.25) is 5.91 Å². The summed E-state index contributed by atoms with van der Waals surface area (Å²) in [6, 6.07) is 16.4. The van der Waals surface area contributed by atoms with E-state index in [1.165, 1.54) is 11.6 Å². The minimum absolute atomic E-state index is 0.0143. The summed E-state index contributed by atoms with van der Waals surface area (Å²) in [5.74, 6) is -0.195. The van der Waals surface area contributed by atoms with Crippen molar-refractivity contribution in [2.24, 2.45) is 0 Å². The van der Waals surface area contributed by atoms with Crippen LogP contribution in [-0.2, 0) is 17.6 Å². The fourth-order valence-corrected chi connectivity index (χ4v) is 2.44. The molecular weight excluding hydrogens is 292 g/mol. The summed E-state index contributed by atoms with van der Waals surface area (Å²) in [5.41, 5.74) is 1.65. The first-order valence-electron chi connectivity index (χ1n) is 7.62. The van der Waals surface area contributed by atoms with Crippen LogP contribution in [0.1, 0.15) is 24.5 Å². The van der Waals surface area contributed by atoms with E-state index in [0.29, 0.717) is 5.56 Å². The second kappa shape index (κ2) is 8.08. The van der Waals surface area contributed by atoms with Crippen LogP contribution in [0.3, 0.4) is 0 Å². The van der Waals surface area contributed by atoms with E-state index in [2.05, 4.69) is 17.4 Å². The van der Waals surface area contributed by atoms with Crippen molar-refractivity contribution >= 4 is 11.6 Å². The molecule has 1 atom stereocenters. The number of amides is 1. The SMILES string of the molecule is C[C@@H](CCc1ccccc1)NC(=O)Cc1ccccc1[N+](=O)[O-]. The van der Waals surface area contributed by atoms with E-state index in [4.69, 9.17) is 0 Å². The second-order valence-corrected chi connectivity index (χ2v) is 5.56. The lowest BCUT2D eigenvalue weighted by Gasteiger charge is -2.14. The molecular formula is C18H20N2O3. The predicted octanol–water partition coefficient (Wildman–Crippen LogP) is 3.27. The molecule has 1 amide bonds. The molecule has 2 aromatic rings. The Bertz CT molecular complexity index is 671. The highest BCUT2D eigenvalue weighted by molar-refractivity contribution is 5.80. The number of nitrogens with one attached hydrogen (secondary N) is 1. The van der Waals surface area contributed by atoms with Crippen LogP contribution in [0.2, 0.25) is 0 Å². The van der Waals surface area contributed by atoms with Gasteiger partial charge in [0.05, 0.1) is 11.3 Å². The molecule has 1 N–H and O–H groups in total. The van der Waals surface area contributed by atoms with Gasteiger partial charge in [0.25, 0.3) is 5.69 Å². The first-order chi connectivity index (χ1) is 11.1.